The van der Waals surface area contributed by atoms with E-state index in [1.165, 1.54) is 0 Å². The molecule has 0 spiro atoms. The van der Waals surface area contributed by atoms with Crippen molar-refractivity contribution in [1.29, 1.82) is 0 Å². The van der Waals surface area contributed by atoms with Gasteiger partial charge in [0.15, 0.2) is 0 Å². The summed E-state index contributed by atoms with van der Waals surface area (Å²) in [7, 11) is 0. The van der Waals surface area contributed by atoms with E-state index in [0.29, 0.717) is 19.4 Å². The van der Waals surface area contributed by atoms with Crippen molar-refractivity contribution < 1.29 is 19.4 Å². The molecule has 0 aromatic carbocycles. The lowest BCUT2D eigenvalue weighted by Crippen LogP contribution is -2.42. The number of amides is 1. The van der Waals surface area contributed by atoms with Gasteiger partial charge in [-0.05, 0) is 13.3 Å². The molecule has 5 heteroatoms. The van der Waals surface area contributed by atoms with Crippen LogP contribution in [-0.2, 0) is 14.3 Å². The third kappa shape index (κ3) is 5.53. The Balaban J connectivity index is 3.90. The predicted molar refractivity (Wildman–Crippen MR) is 51.0 cm³/mol. The molecule has 0 saturated carbocycles. The van der Waals surface area contributed by atoms with Crippen molar-refractivity contribution in [1.82, 2.24) is 5.32 Å². The molecule has 0 aromatic rings. The minimum atomic E-state index is -1.00. The molecule has 0 aromatic heterocycles. The van der Waals surface area contributed by atoms with Gasteiger partial charge in [-0.3, -0.25) is 4.79 Å². The Morgan fingerprint density at radius 2 is 2.07 bits per heavy atom. The summed E-state index contributed by atoms with van der Waals surface area (Å²) in [6.45, 7) is 4.00. The molecule has 0 rings (SSSR count). The second-order valence-corrected chi connectivity index (χ2v) is 2.88. The molecular weight excluding hydrogens is 186 g/mol. The van der Waals surface area contributed by atoms with Crippen LogP contribution in [0.2, 0.25) is 0 Å². The highest BCUT2D eigenvalue weighted by Crippen LogP contribution is 1.96. The Labute approximate surface area is 83.4 Å². The van der Waals surface area contributed by atoms with E-state index in [1.807, 2.05) is 6.92 Å². The summed E-state index contributed by atoms with van der Waals surface area (Å²) in [6, 6.07) is -0.798. The molecule has 0 aliphatic heterocycles. The van der Waals surface area contributed by atoms with Crippen molar-refractivity contribution in [2.45, 2.75) is 32.7 Å². The number of carbonyl (C=O) groups is 2. The first-order valence-electron chi connectivity index (χ1n) is 4.71. The summed E-state index contributed by atoms with van der Waals surface area (Å²) < 4.78 is 4.85. The molecule has 14 heavy (non-hydrogen) atoms. The van der Waals surface area contributed by atoms with Gasteiger partial charge in [-0.15, -0.1) is 0 Å². The van der Waals surface area contributed by atoms with Gasteiger partial charge in [-0.2, -0.15) is 0 Å². The van der Waals surface area contributed by atoms with E-state index in [9.17, 15) is 9.59 Å². The Morgan fingerprint density at radius 3 is 2.50 bits per heavy atom. The van der Waals surface area contributed by atoms with Gasteiger partial charge >= 0.3 is 5.97 Å². The molecule has 2 N–H and O–H groups in total. The van der Waals surface area contributed by atoms with E-state index >= 15 is 0 Å². The van der Waals surface area contributed by atoms with Crippen LogP contribution in [-0.4, -0.2) is 36.2 Å². The fourth-order valence-corrected chi connectivity index (χ4v) is 0.977. The number of rotatable bonds is 7. The second kappa shape index (κ2) is 7.32. The van der Waals surface area contributed by atoms with Gasteiger partial charge in [-0.1, -0.05) is 13.3 Å². The van der Waals surface area contributed by atoms with Crippen molar-refractivity contribution in [2.24, 2.45) is 0 Å². The zero-order valence-corrected chi connectivity index (χ0v) is 8.58. The normalized spacial score (nSPS) is 12.1. The summed E-state index contributed by atoms with van der Waals surface area (Å²) >= 11 is 0. The average Bonchev–Trinajstić information content (AvgIpc) is 2.14. The predicted octanol–water partition coefficient (Wildman–Crippen LogP) is 0.392. The lowest BCUT2D eigenvalue weighted by Gasteiger charge is -2.13. The second-order valence-electron chi connectivity index (χ2n) is 2.88. The molecule has 1 atom stereocenters. The highest BCUT2D eigenvalue weighted by atomic mass is 16.5. The smallest absolute Gasteiger partial charge is 0.326 e. The molecule has 0 saturated heterocycles. The van der Waals surface area contributed by atoms with Crippen molar-refractivity contribution in [3.8, 4) is 0 Å². The van der Waals surface area contributed by atoms with Crippen molar-refractivity contribution in [3.63, 3.8) is 0 Å². The van der Waals surface area contributed by atoms with E-state index in [1.54, 1.807) is 6.92 Å². The Morgan fingerprint density at radius 1 is 1.43 bits per heavy atom. The van der Waals surface area contributed by atoms with E-state index in [2.05, 4.69) is 5.32 Å². The SMILES string of the molecule is CCC[C@H](NC(=O)COCC)C(=O)O. The summed E-state index contributed by atoms with van der Waals surface area (Å²) in [5, 5.41) is 11.1. The molecule has 82 valence electrons. The van der Waals surface area contributed by atoms with Crippen LogP contribution in [0.1, 0.15) is 26.7 Å². The summed E-state index contributed by atoms with van der Waals surface area (Å²) in [6.07, 6.45) is 1.15. The number of carboxylic acids is 1. The van der Waals surface area contributed by atoms with Gasteiger partial charge in [0.2, 0.25) is 5.91 Å². The molecule has 0 aliphatic carbocycles. The number of hydrogen-bond donors (Lipinski definition) is 2. The van der Waals surface area contributed by atoms with Crippen LogP contribution in [0.4, 0.5) is 0 Å². The van der Waals surface area contributed by atoms with Crippen LogP contribution >= 0.6 is 0 Å². The van der Waals surface area contributed by atoms with Gasteiger partial charge in [0.05, 0.1) is 0 Å². The van der Waals surface area contributed by atoms with Crippen LogP contribution in [0.5, 0.6) is 0 Å². The lowest BCUT2D eigenvalue weighted by atomic mass is 10.2. The third-order valence-electron chi connectivity index (χ3n) is 1.65. The fourth-order valence-electron chi connectivity index (χ4n) is 0.977. The van der Waals surface area contributed by atoms with Crippen molar-refractivity contribution >= 4 is 11.9 Å². The van der Waals surface area contributed by atoms with Crippen molar-refractivity contribution in [3.05, 3.63) is 0 Å². The summed E-state index contributed by atoms with van der Waals surface area (Å²) in [5.74, 6) is -1.38. The van der Waals surface area contributed by atoms with E-state index in [0.717, 1.165) is 0 Å². The largest absolute Gasteiger partial charge is 0.480 e. The first kappa shape index (κ1) is 12.9. The van der Waals surface area contributed by atoms with Gasteiger partial charge in [0, 0.05) is 6.61 Å². The summed E-state index contributed by atoms with van der Waals surface area (Å²) in [4.78, 5) is 21.7. The number of ether oxygens (including phenoxy) is 1. The molecule has 1 amide bonds. The molecule has 0 unspecified atom stereocenters. The summed E-state index contributed by atoms with van der Waals surface area (Å²) in [5.41, 5.74) is 0. The number of nitrogens with one attached hydrogen (secondary N) is 1. The molecule has 0 fully saturated rings. The molecule has 0 bridgehead atoms. The van der Waals surface area contributed by atoms with E-state index in [-0.39, 0.29) is 12.5 Å². The molecule has 0 heterocycles. The lowest BCUT2D eigenvalue weighted by molar-refractivity contribution is -0.142. The standard InChI is InChI=1S/C9H17NO4/c1-3-5-7(9(12)13)10-8(11)6-14-4-2/h7H,3-6H2,1-2H3,(H,10,11)(H,12,13)/t7-/m0/s1. The maximum absolute atomic E-state index is 11.1. The minimum Gasteiger partial charge on any atom is -0.480 e. The van der Waals surface area contributed by atoms with Crippen LogP contribution in [0.15, 0.2) is 0 Å². The number of aliphatic carboxylic acids is 1. The van der Waals surface area contributed by atoms with Gasteiger partial charge in [-0.25, -0.2) is 4.79 Å². The first-order chi connectivity index (χ1) is 6.61. The Kier molecular flexibility index (Phi) is 6.74. The maximum atomic E-state index is 11.1. The highest BCUT2D eigenvalue weighted by molar-refractivity contribution is 5.84. The topological polar surface area (TPSA) is 75.6 Å². The molecule has 0 aliphatic rings. The van der Waals surface area contributed by atoms with Gasteiger partial charge in [0.25, 0.3) is 0 Å². The van der Waals surface area contributed by atoms with Crippen LogP contribution in [0.25, 0.3) is 0 Å². The quantitative estimate of drug-likeness (QED) is 0.627. The van der Waals surface area contributed by atoms with Gasteiger partial charge < -0.3 is 15.2 Å². The molecule has 5 nitrogen and oxygen atoms in total. The molecule has 0 radical (unpaired) electrons. The number of hydrogen-bond acceptors (Lipinski definition) is 3. The zero-order chi connectivity index (χ0) is 11.0. The van der Waals surface area contributed by atoms with Crippen molar-refractivity contribution in [2.75, 3.05) is 13.2 Å². The van der Waals surface area contributed by atoms with Crippen LogP contribution < -0.4 is 5.32 Å². The average molecular weight is 203 g/mol. The van der Waals surface area contributed by atoms with E-state index in [4.69, 9.17) is 9.84 Å². The Hall–Kier alpha value is -1.10. The van der Waals surface area contributed by atoms with Crippen LogP contribution in [0.3, 0.4) is 0 Å². The van der Waals surface area contributed by atoms with E-state index < -0.39 is 12.0 Å². The number of carboxylic acid groups (broad SMARTS) is 1. The maximum Gasteiger partial charge on any atom is 0.326 e. The van der Waals surface area contributed by atoms with Crippen LogP contribution in [0, 0.1) is 0 Å². The minimum absolute atomic E-state index is 0.0794. The first-order valence-corrected chi connectivity index (χ1v) is 4.71. The van der Waals surface area contributed by atoms with Gasteiger partial charge in [0.1, 0.15) is 12.6 Å². The third-order valence-corrected chi connectivity index (χ3v) is 1.65. The monoisotopic (exact) mass is 203 g/mol. The highest BCUT2D eigenvalue weighted by Gasteiger charge is 2.18. The zero-order valence-electron chi connectivity index (χ0n) is 8.58. The number of carbonyl (C=O) groups excluding carboxylic acids is 1. The fraction of sp³-hybridized carbons (Fsp3) is 0.778. The Bertz CT molecular complexity index is 193. The molecular formula is C9H17NO4.